The number of carbonyl (C=O) groups excluding carboxylic acids is 1. The van der Waals surface area contributed by atoms with Crippen molar-refractivity contribution in [2.75, 3.05) is 11.9 Å². The largest absolute Gasteiger partial charge is 0.450 e. The summed E-state index contributed by atoms with van der Waals surface area (Å²) in [6, 6.07) is 9.51. The maximum atomic E-state index is 11.7. The molecule has 0 fully saturated rings. The lowest BCUT2D eigenvalue weighted by Crippen LogP contribution is -2.14. The van der Waals surface area contributed by atoms with E-state index in [2.05, 4.69) is 30.2 Å². The van der Waals surface area contributed by atoms with Gasteiger partial charge in [-0.2, -0.15) is 0 Å². The van der Waals surface area contributed by atoms with Crippen molar-refractivity contribution in [3.63, 3.8) is 0 Å². The maximum Gasteiger partial charge on any atom is 0.413 e. The van der Waals surface area contributed by atoms with E-state index in [1.807, 2.05) is 24.3 Å². The van der Waals surface area contributed by atoms with Crippen molar-refractivity contribution in [1.29, 1.82) is 0 Å². The van der Waals surface area contributed by atoms with Crippen LogP contribution in [0.5, 0.6) is 0 Å². The molecule has 0 spiro atoms. The Kier molecular flexibility index (Phi) is 5.59. The molecule has 2 N–H and O–H groups in total. The van der Waals surface area contributed by atoms with Gasteiger partial charge < -0.3 is 9.72 Å². The van der Waals surface area contributed by atoms with Crippen LogP contribution in [0.3, 0.4) is 0 Å². The number of amides is 1. The molecule has 4 rings (SSSR count). The van der Waals surface area contributed by atoms with E-state index in [1.54, 1.807) is 37.8 Å². The smallest absolute Gasteiger partial charge is 0.413 e. The standard InChI is InChI=1S/C19H16N6O2.CH4/c1-2-27-19(26)25-18-23-15-10-13(12-5-3-6-20-11-12)9-14(16(15)24-18)17-21-7-4-8-22-17;/h3-11H,2H2,1H3,(H2,23,24,25,26);1H4. The van der Waals surface area contributed by atoms with E-state index < -0.39 is 6.09 Å². The number of hydrogen-bond donors (Lipinski definition) is 2. The highest BCUT2D eigenvalue weighted by atomic mass is 16.5. The molecule has 142 valence electrons. The number of nitrogens with one attached hydrogen (secondary N) is 2. The number of carbonyl (C=O) groups is 1. The van der Waals surface area contributed by atoms with Gasteiger partial charge in [-0.15, -0.1) is 0 Å². The fourth-order valence-electron chi connectivity index (χ4n) is 2.75. The second-order valence-corrected chi connectivity index (χ2v) is 5.66. The summed E-state index contributed by atoms with van der Waals surface area (Å²) >= 11 is 0. The zero-order valence-corrected chi connectivity index (χ0v) is 14.5. The molecule has 3 heterocycles. The van der Waals surface area contributed by atoms with Gasteiger partial charge in [0.1, 0.15) is 5.52 Å². The van der Waals surface area contributed by atoms with Crippen LogP contribution in [-0.2, 0) is 4.74 Å². The summed E-state index contributed by atoms with van der Waals surface area (Å²) in [6.07, 6.45) is 6.29. The van der Waals surface area contributed by atoms with Crippen LogP contribution in [0.1, 0.15) is 14.4 Å². The summed E-state index contributed by atoms with van der Waals surface area (Å²) in [5.74, 6) is 0.839. The number of nitrogens with zero attached hydrogens (tertiary/aromatic N) is 4. The van der Waals surface area contributed by atoms with Crippen molar-refractivity contribution in [3.05, 3.63) is 55.1 Å². The minimum atomic E-state index is -0.568. The Bertz CT molecular complexity index is 1080. The van der Waals surface area contributed by atoms with E-state index in [4.69, 9.17) is 4.74 Å². The average Bonchev–Trinajstić information content (AvgIpc) is 3.11. The van der Waals surface area contributed by atoms with Crippen molar-refractivity contribution >= 4 is 23.1 Å². The van der Waals surface area contributed by atoms with Crippen molar-refractivity contribution in [2.45, 2.75) is 14.4 Å². The first-order chi connectivity index (χ1) is 13.2. The normalized spacial score (nSPS) is 10.3. The third-order valence-electron chi connectivity index (χ3n) is 3.88. The van der Waals surface area contributed by atoms with Gasteiger partial charge in [-0.05, 0) is 36.8 Å². The van der Waals surface area contributed by atoms with E-state index in [0.29, 0.717) is 17.3 Å². The first-order valence-corrected chi connectivity index (χ1v) is 8.40. The van der Waals surface area contributed by atoms with Gasteiger partial charge in [0.2, 0.25) is 5.95 Å². The van der Waals surface area contributed by atoms with Crippen LogP contribution >= 0.6 is 0 Å². The number of pyridine rings is 1. The molecule has 0 saturated carbocycles. The van der Waals surface area contributed by atoms with E-state index in [-0.39, 0.29) is 14.0 Å². The SMILES string of the molecule is C.CCOC(=O)Nc1nc2c(-c3ncccn3)cc(-c3cccnc3)cc2[nH]1. The van der Waals surface area contributed by atoms with E-state index in [1.165, 1.54) is 0 Å². The highest BCUT2D eigenvalue weighted by Gasteiger charge is 2.15. The number of fused-ring (bicyclic) bond motifs is 1. The Morgan fingerprint density at radius 3 is 2.68 bits per heavy atom. The fourth-order valence-corrected chi connectivity index (χ4v) is 2.75. The monoisotopic (exact) mass is 376 g/mol. The Balaban J connectivity index is 0.00000225. The van der Waals surface area contributed by atoms with Gasteiger partial charge in [0.15, 0.2) is 5.82 Å². The van der Waals surface area contributed by atoms with Crippen molar-refractivity contribution < 1.29 is 9.53 Å². The molecule has 1 aromatic carbocycles. The third-order valence-corrected chi connectivity index (χ3v) is 3.88. The molecule has 0 atom stereocenters. The summed E-state index contributed by atoms with van der Waals surface area (Å²) in [4.78, 5) is 32.2. The molecule has 0 aliphatic heterocycles. The number of imidazole rings is 1. The molecular weight excluding hydrogens is 356 g/mol. The van der Waals surface area contributed by atoms with Crippen LogP contribution in [0.4, 0.5) is 10.7 Å². The fraction of sp³-hybridized carbons (Fsp3) is 0.150. The minimum Gasteiger partial charge on any atom is -0.450 e. The minimum absolute atomic E-state index is 0. The van der Waals surface area contributed by atoms with Crippen LogP contribution in [0, 0.1) is 0 Å². The van der Waals surface area contributed by atoms with E-state index in [0.717, 1.165) is 22.2 Å². The molecule has 0 aliphatic rings. The zero-order valence-electron chi connectivity index (χ0n) is 14.5. The predicted molar refractivity (Wildman–Crippen MR) is 108 cm³/mol. The number of anilines is 1. The van der Waals surface area contributed by atoms with E-state index >= 15 is 0 Å². The number of H-pyrrole nitrogens is 1. The first kappa shape index (κ1) is 19.0. The quantitative estimate of drug-likeness (QED) is 0.550. The molecule has 8 heteroatoms. The van der Waals surface area contributed by atoms with E-state index in [9.17, 15) is 4.79 Å². The summed E-state index contributed by atoms with van der Waals surface area (Å²) in [7, 11) is 0. The Hall–Kier alpha value is -3.81. The van der Waals surface area contributed by atoms with Crippen LogP contribution in [0.2, 0.25) is 0 Å². The lowest BCUT2D eigenvalue weighted by Gasteiger charge is -2.06. The summed E-state index contributed by atoms with van der Waals surface area (Å²) in [5.41, 5.74) is 4.03. The van der Waals surface area contributed by atoms with Crippen LogP contribution in [0.15, 0.2) is 55.1 Å². The molecule has 0 radical (unpaired) electrons. The van der Waals surface area contributed by atoms with Crippen LogP contribution in [0.25, 0.3) is 33.5 Å². The zero-order chi connectivity index (χ0) is 18.6. The number of hydrogen-bond acceptors (Lipinski definition) is 6. The van der Waals surface area contributed by atoms with Gasteiger partial charge in [0, 0.05) is 35.9 Å². The molecule has 4 aromatic rings. The topological polar surface area (TPSA) is 106 Å². The molecule has 1 amide bonds. The van der Waals surface area contributed by atoms with Gasteiger partial charge in [0.25, 0.3) is 0 Å². The number of rotatable bonds is 4. The molecule has 0 bridgehead atoms. The molecule has 0 aliphatic carbocycles. The van der Waals surface area contributed by atoms with Crippen molar-refractivity contribution in [2.24, 2.45) is 0 Å². The number of aromatic amines is 1. The summed E-state index contributed by atoms with van der Waals surface area (Å²) in [6.45, 7) is 2.02. The predicted octanol–water partition coefficient (Wildman–Crippen LogP) is 4.29. The second kappa shape index (κ2) is 8.26. The molecule has 8 nitrogen and oxygen atoms in total. The number of aromatic nitrogens is 5. The number of ether oxygens (including phenoxy) is 1. The lowest BCUT2D eigenvalue weighted by atomic mass is 10.0. The highest BCUT2D eigenvalue weighted by Crippen LogP contribution is 2.32. The Morgan fingerprint density at radius 1 is 1.14 bits per heavy atom. The molecule has 0 unspecified atom stereocenters. The van der Waals surface area contributed by atoms with Gasteiger partial charge in [-0.3, -0.25) is 10.3 Å². The Morgan fingerprint density at radius 2 is 1.96 bits per heavy atom. The second-order valence-electron chi connectivity index (χ2n) is 5.66. The van der Waals surface area contributed by atoms with Gasteiger partial charge in [-0.1, -0.05) is 13.5 Å². The summed E-state index contributed by atoms with van der Waals surface area (Å²) in [5, 5.41) is 2.59. The first-order valence-electron chi connectivity index (χ1n) is 8.40. The highest BCUT2D eigenvalue weighted by molar-refractivity contribution is 5.96. The Labute approximate surface area is 162 Å². The molecule has 28 heavy (non-hydrogen) atoms. The maximum absolute atomic E-state index is 11.7. The summed E-state index contributed by atoms with van der Waals surface area (Å²) < 4.78 is 4.91. The van der Waals surface area contributed by atoms with Crippen molar-refractivity contribution in [1.82, 2.24) is 24.9 Å². The molecular formula is C20H20N6O2. The van der Waals surface area contributed by atoms with Gasteiger partial charge in [-0.25, -0.2) is 19.7 Å². The van der Waals surface area contributed by atoms with Gasteiger partial charge >= 0.3 is 6.09 Å². The van der Waals surface area contributed by atoms with Crippen LogP contribution in [-0.4, -0.2) is 37.6 Å². The molecule has 0 saturated heterocycles. The van der Waals surface area contributed by atoms with Gasteiger partial charge in [0.05, 0.1) is 12.1 Å². The van der Waals surface area contributed by atoms with Crippen LogP contribution < -0.4 is 5.32 Å². The molecule has 3 aromatic heterocycles. The average molecular weight is 376 g/mol. The third kappa shape index (κ3) is 3.80. The lowest BCUT2D eigenvalue weighted by molar-refractivity contribution is 0.167. The number of benzene rings is 1. The van der Waals surface area contributed by atoms with Crippen molar-refractivity contribution in [3.8, 4) is 22.5 Å².